The van der Waals surface area contributed by atoms with Gasteiger partial charge in [0.05, 0.1) is 12.6 Å². The molecule has 0 fully saturated rings. The lowest BCUT2D eigenvalue weighted by Gasteiger charge is -2.24. The predicted molar refractivity (Wildman–Crippen MR) is 98.7 cm³/mol. The molecule has 5 nitrogen and oxygen atoms in total. The molecule has 0 saturated heterocycles. The van der Waals surface area contributed by atoms with E-state index in [0.29, 0.717) is 24.3 Å². The summed E-state index contributed by atoms with van der Waals surface area (Å²) in [7, 11) is 0. The number of rotatable bonds is 6. The third-order valence-electron chi connectivity index (χ3n) is 4.25. The lowest BCUT2D eigenvalue weighted by molar-refractivity contribution is -0.126. The third kappa shape index (κ3) is 4.30. The van der Waals surface area contributed by atoms with E-state index < -0.39 is 0 Å². The number of amides is 1. The van der Waals surface area contributed by atoms with Crippen LogP contribution in [-0.4, -0.2) is 30.1 Å². The number of carbonyl (C=O) groups is 1. The van der Waals surface area contributed by atoms with Gasteiger partial charge in [0.1, 0.15) is 11.8 Å². The van der Waals surface area contributed by atoms with Crippen LogP contribution in [0.2, 0.25) is 5.15 Å². The Bertz CT molecular complexity index is 737. The number of anilines is 1. The van der Waals surface area contributed by atoms with E-state index in [-0.39, 0.29) is 18.6 Å². The van der Waals surface area contributed by atoms with Crippen LogP contribution < -0.4 is 10.2 Å². The van der Waals surface area contributed by atoms with Crippen LogP contribution in [0.3, 0.4) is 0 Å². The molecule has 132 valence electrons. The molecule has 0 bridgehead atoms. The molecule has 1 N–H and O–H groups in total. The van der Waals surface area contributed by atoms with Gasteiger partial charge in [-0.3, -0.25) is 4.79 Å². The first-order valence-corrected chi connectivity index (χ1v) is 8.75. The molecule has 1 amide bonds. The Balaban J connectivity index is 1.58. The van der Waals surface area contributed by atoms with E-state index in [1.165, 1.54) is 0 Å². The summed E-state index contributed by atoms with van der Waals surface area (Å²) in [6.45, 7) is 5.39. The first kappa shape index (κ1) is 17.7. The zero-order chi connectivity index (χ0) is 17.8. The number of fused-ring (bicyclic) bond motifs is 1. The summed E-state index contributed by atoms with van der Waals surface area (Å²) >= 11 is 6.03. The number of nitrogens with one attached hydrogen (secondary N) is 1. The van der Waals surface area contributed by atoms with E-state index in [0.717, 1.165) is 16.8 Å². The van der Waals surface area contributed by atoms with Gasteiger partial charge in [-0.1, -0.05) is 41.9 Å². The summed E-state index contributed by atoms with van der Waals surface area (Å²) in [4.78, 5) is 18.6. The average Bonchev–Trinajstić information content (AvgIpc) is 2.93. The molecule has 0 saturated carbocycles. The van der Waals surface area contributed by atoms with Crippen molar-refractivity contribution in [2.75, 3.05) is 18.1 Å². The summed E-state index contributed by atoms with van der Waals surface area (Å²) < 4.78 is 5.51. The fourth-order valence-corrected chi connectivity index (χ4v) is 3.18. The van der Waals surface area contributed by atoms with Crippen molar-refractivity contribution in [3.05, 3.63) is 58.9 Å². The Morgan fingerprint density at radius 3 is 2.88 bits per heavy atom. The van der Waals surface area contributed by atoms with E-state index in [1.54, 1.807) is 6.20 Å². The van der Waals surface area contributed by atoms with Gasteiger partial charge in [-0.2, -0.15) is 0 Å². The molecule has 2 aromatic rings. The van der Waals surface area contributed by atoms with Gasteiger partial charge in [0, 0.05) is 30.0 Å². The number of benzene rings is 1. The average molecular weight is 360 g/mol. The molecule has 1 atom stereocenters. The number of hydrogen-bond donors (Lipinski definition) is 1. The van der Waals surface area contributed by atoms with Crippen LogP contribution in [0.5, 0.6) is 0 Å². The highest BCUT2D eigenvalue weighted by Crippen LogP contribution is 2.36. The molecule has 1 unspecified atom stereocenters. The number of pyridine rings is 1. The highest BCUT2D eigenvalue weighted by Gasteiger charge is 2.31. The van der Waals surface area contributed by atoms with E-state index in [1.807, 2.05) is 36.4 Å². The molecule has 1 aromatic heterocycles. The molecule has 1 aliphatic rings. The van der Waals surface area contributed by atoms with E-state index in [9.17, 15) is 4.79 Å². The second-order valence-electron chi connectivity index (χ2n) is 6.41. The third-order valence-corrected chi connectivity index (χ3v) is 4.45. The minimum absolute atomic E-state index is 0.0312. The van der Waals surface area contributed by atoms with Crippen LogP contribution >= 0.6 is 11.6 Å². The van der Waals surface area contributed by atoms with Crippen LogP contribution in [-0.2, 0) is 16.1 Å². The molecule has 2 heterocycles. The van der Waals surface area contributed by atoms with Gasteiger partial charge in [0.15, 0.2) is 0 Å². The van der Waals surface area contributed by atoms with Crippen molar-refractivity contribution in [2.45, 2.75) is 32.5 Å². The minimum Gasteiger partial charge on any atom is -0.367 e. The Labute approximate surface area is 153 Å². The highest BCUT2D eigenvalue weighted by atomic mass is 35.5. The van der Waals surface area contributed by atoms with Crippen LogP contribution in [0.15, 0.2) is 42.6 Å². The maximum atomic E-state index is 12.2. The van der Waals surface area contributed by atoms with Crippen molar-refractivity contribution in [3.8, 4) is 0 Å². The largest absolute Gasteiger partial charge is 0.367 e. The fraction of sp³-hybridized carbons (Fsp3) is 0.368. The van der Waals surface area contributed by atoms with Crippen molar-refractivity contribution < 1.29 is 9.53 Å². The maximum absolute atomic E-state index is 12.2. The maximum Gasteiger partial charge on any atom is 0.246 e. The molecule has 0 spiro atoms. The summed E-state index contributed by atoms with van der Waals surface area (Å²) in [6.07, 6.45) is 1.75. The van der Waals surface area contributed by atoms with Crippen molar-refractivity contribution >= 4 is 23.2 Å². The fourth-order valence-electron chi connectivity index (χ4n) is 3.03. The van der Waals surface area contributed by atoms with Gasteiger partial charge < -0.3 is 15.0 Å². The molecule has 3 rings (SSSR count). The molecular weight excluding hydrogens is 338 g/mol. The van der Waals surface area contributed by atoms with Gasteiger partial charge >= 0.3 is 0 Å². The minimum atomic E-state index is -0.132. The van der Waals surface area contributed by atoms with Crippen LogP contribution in [0, 0.1) is 0 Å². The number of nitrogens with zero attached hydrogens (tertiary/aromatic N) is 2. The zero-order valence-corrected chi connectivity index (χ0v) is 15.2. The lowest BCUT2D eigenvalue weighted by atomic mass is 10.1. The summed E-state index contributed by atoms with van der Waals surface area (Å²) in [5.41, 5.74) is 3.08. The number of carbonyl (C=O) groups excluding carboxylic acids is 1. The van der Waals surface area contributed by atoms with Gasteiger partial charge in [0.25, 0.3) is 0 Å². The number of hydrogen-bond acceptors (Lipinski definition) is 4. The quantitative estimate of drug-likeness (QED) is 0.804. The Morgan fingerprint density at radius 1 is 1.40 bits per heavy atom. The monoisotopic (exact) mass is 359 g/mol. The van der Waals surface area contributed by atoms with Crippen molar-refractivity contribution in [1.82, 2.24) is 10.3 Å². The molecule has 6 heteroatoms. The standard InChI is InChI=1S/C19H22ClN3O2/c1-13(2)23-10-16(15-9-21-18(20)8-17(15)23)22-19(24)12-25-11-14-6-4-3-5-7-14/h3-9,13,16H,10-12H2,1-2H3,(H,22,24). The topological polar surface area (TPSA) is 54.5 Å². The normalized spacial score (nSPS) is 16.2. The van der Waals surface area contributed by atoms with Crippen LogP contribution in [0.4, 0.5) is 5.69 Å². The molecular formula is C19H22ClN3O2. The van der Waals surface area contributed by atoms with Gasteiger partial charge in [-0.25, -0.2) is 4.98 Å². The van der Waals surface area contributed by atoms with Crippen molar-refractivity contribution in [3.63, 3.8) is 0 Å². The predicted octanol–water partition coefficient (Wildman–Crippen LogP) is 3.34. The SMILES string of the molecule is CC(C)N1CC(NC(=O)COCc2ccccc2)c2cnc(Cl)cc21. The van der Waals surface area contributed by atoms with Crippen molar-refractivity contribution in [2.24, 2.45) is 0 Å². The summed E-state index contributed by atoms with van der Waals surface area (Å²) in [5.74, 6) is -0.132. The first-order chi connectivity index (χ1) is 12.0. The second kappa shape index (κ2) is 7.85. The smallest absolute Gasteiger partial charge is 0.246 e. The second-order valence-corrected chi connectivity index (χ2v) is 6.80. The highest BCUT2D eigenvalue weighted by molar-refractivity contribution is 6.29. The zero-order valence-electron chi connectivity index (χ0n) is 14.4. The molecule has 1 aliphatic heterocycles. The summed E-state index contributed by atoms with van der Waals surface area (Å²) in [5, 5.41) is 3.50. The molecule has 0 radical (unpaired) electrons. The number of halogens is 1. The van der Waals surface area contributed by atoms with Crippen LogP contribution in [0.25, 0.3) is 0 Å². The van der Waals surface area contributed by atoms with E-state index in [4.69, 9.17) is 16.3 Å². The van der Waals surface area contributed by atoms with Crippen molar-refractivity contribution in [1.29, 1.82) is 0 Å². The first-order valence-electron chi connectivity index (χ1n) is 8.37. The van der Waals surface area contributed by atoms with Gasteiger partial charge in [-0.05, 0) is 25.5 Å². The van der Waals surface area contributed by atoms with E-state index in [2.05, 4.69) is 29.0 Å². The van der Waals surface area contributed by atoms with Crippen LogP contribution in [0.1, 0.15) is 31.0 Å². The molecule has 0 aliphatic carbocycles. The summed E-state index contributed by atoms with van der Waals surface area (Å²) in [6, 6.07) is 11.9. The van der Waals surface area contributed by atoms with Gasteiger partial charge in [-0.15, -0.1) is 0 Å². The number of aromatic nitrogens is 1. The Hall–Kier alpha value is -2.11. The lowest BCUT2D eigenvalue weighted by Crippen LogP contribution is -2.36. The Kier molecular flexibility index (Phi) is 5.56. The molecule has 25 heavy (non-hydrogen) atoms. The van der Waals surface area contributed by atoms with E-state index >= 15 is 0 Å². The molecule has 1 aromatic carbocycles. The number of ether oxygens (including phenoxy) is 1. The Morgan fingerprint density at radius 2 is 2.16 bits per heavy atom. The van der Waals surface area contributed by atoms with Gasteiger partial charge in [0.2, 0.25) is 5.91 Å².